The minimum Gasteiger partial charge on any atom is -0.508 e. The van der Waals surface area contributed by atoms with Crippen LogP contribution in [0.5, 0.6) is 5.75 Å². The summed E-state index contributed by atoms with van der Waals surface area (Å²) in [6.45, 7) is 0.371. The van der Waals surface area contributed by atoms with Gasteiger partial charge >= 0.3 is 0 Å². The average molecular weight is 776 g/mol. The molecule has 0 unspecified atom stereocenters. The van der Waals surface area contributed by atoms with Crippen molar-refractivity contribution in [2.24, 2.45) is 5.14 Å². The van der Waals surface area contributed by atoms with E-state index >= 15 is 0 Å². The minimum atomic E-state index is -3.88. The van der Waals surface area contributed by atoms with Gasteiger partial charge in [0, 0.05) is 42.2 Å². The summed E-state index contributed by atoms with van der Waals surface area (Å²) in [6, 6.07) is 33.2. The number of phenols is 1. The molecule has 2 aliphatic rings. The third-order valence-corrected chi connectivity index (χ3v) is 10.6. The molecule has 2 aliphatic heterocycles. The van der Waals surface area contributed by atoms with Crippen molar-refractivity contribution >= 4 is 66.8 Å². The number of nitrogens with two attached hydrogens (primary N) is 1. The van der Waals surface area contributed by atoms with Crippen LogP contribution in [-0.4, -0.2) is 44.8 Å². The Labute approximate surface area is 328 Å². The van der Waals surface area contributed by atoms with Gasteiger partial charge in [-0.05, 0) is 96.3 Å². The van der Waals surface area contributed by atoms with Crippen LogP contribution in [0.1, 0.15) is 24.0 Å². The fourth-order valence-corrected chi connectivity index (χ4v) is 7.47. The largest absolute Gasteiger partial charge is 0.508 e. The van der Waals surface area contributed by atoms with E-state index in [2.05, 4.69) is 5.32 Å². The highest BCUT2D eigenvalue weighted by Crippen LogP contribution is 2.46. The van der Waals surface area contributed by atoms with Gasteiger partial charge in [-0.15, -0.1) is 0 Å². The van der Waals surface area contributed by atoms with Crippen LogP contribution in [0.25, 0.3) is 16.3 Å². The molecule has 0 saturated carbocycles. The molecule has 57 heavy (non-hydrogen) atoms. The number of fused-ring (bicyclic) bond motifs is 3. The Hall–Kier alpha value is -7.52. The summed E-state index contributed by atoms with van der Waals surface area (Å²) in [5.74, 6) is -1.22. The van der Waals surface area contributed by atoms with Gasteiger partial charge in [-0.1, -0.05) is 42.5 Å². The molecule has 13 nitrogen and oxygen atoms in total. The number of nitrogens with zero attached hydrogens (tertiary/aromatic N) is 5. The maximum Gasteiger partial charge on any atom is 0.276 e. The molecule has 4 N–H and O–H groups in total. The standard InChI is InChI=1S/C43H33N7O6S/c1-48-39(23-21-35-40(29-10-17-32(51)18-11-29)36(26-45)43(54)50(42(35)53)31-15-8-27(25-44)9-16-31)49(37-22-12-28-5-2-3-6-34(28)41(37)48)24-4-7-38(52)47-30-13-19-33(20-14-30)57(46,55)56/h2-3,5-6,8-23,51H,4,7,24H2,1H3,(H,47,52)(H2,46,55,56)/b35-21-,39-23+. The zero-order chi connectivity index (χ0) is 40.4. The zero-order valence-electron chi connectivity index (χ0n) is 30.4. The Bertz CT molecular complexity index is 2760. The second-order valence-electron chi connectivity index (χ2n) is 13.2. The first-order valence-corrected chi connectivity index (χ1v) is 19.1. The van der Waals surface area contributed by atoms with Gasteiger partial charge in [0.15, 0.2) is 0 Å². The maximum atomic E-state index is 14.5. The first kappa shape index (κ1) is 37.8. The van der Waals surface area contributed by atoms with E-state index in [0.717, 1.165) is 27.0 Å². The average Bonchev–Trinajstić information content (AvgIpc) is 3.47. The normalized spacial score (nSPS) is 15.6. The molecule has 0 atom stereocenters. The van der Waals surface area contributed by atoms with Crippen molar-refractivity contribution in [3.63, 3.8) is 0 Å². The maximum absolute atomic E-state index is 14.5. The van der Waals surface area contributed by atoms with Gasteiger partial charge in [0.05, 0.1) is 33.6 Å². The second-order valence-corrected chi connectivity index (χ2v) is 14.8. The van der Waals surface area contributed by atoms with E-state index in [1.165, 1.54) is 72.8 Å². The molecule has 7 rings (SSSR count). The molecule has 0 spiro atoms. The number of carbonyl (C=O) groups is 3. The van der Waals surface area contributed by atoms with E-state index in [4.69, 9.17) is 5.14 Å². The number of nitriles is 2. The van der Waals surface area contributed by atoms with Crippen molar-refractivity contribution in [2.75, 3.05) is 33.6 Å². The lowest BCUT2D eigenvalue weighted by Crippen LogP contribution is -2.43. The van der Waals surface area contributed by atoms with Crippen molar-refractivity contribution in [1.29, 1.82) is 10.5 Å². The summed E-state index contributed by atoms with van der Waals surface area (Å²) in [4.78, 5) is 46.2. The Morgan fingerprint density at radius 2 is 1.56 bits per heavy atom. The molecule has 5 aromatic carbocycles. The van der Waals surface area contributed by atoms with E-state index in [1.54, 1.807) is 12.2 Å². The number of benzene rings is 5. The first-order valence-electron chi connectivity index (χ1n) is 17.6. The molecular formula is C43H33N7O6S. The Morgan fingerprint density at radius 1 is 0.860 bits per heavy atom. The number of anilines is 4. The molecule has 0 fully saturated rings. The smallest absolute Gasteiger partial charge is 0.276 e. The fraction of sp³-hybridized carbons (Fsp3) is 0.0930. The Morgan fingerprint density at radius 3 is 2.23 bits per heavy atom. The number of primary sulfonamides is 1. The molecule has 2 heterocycles. The lowest BCUT2D eigenvalue weighted by atomic mass is 9.88. The van der Waals surface area contributed by atoms with E-state index in [0.29, 0.717) is 35.6 Å². The molecule has 0 aliphatic carbocycles. The zero-order valence-corrected chi connectivity index (χ0v) is 31.2. The Kier molecular flexibility index (Phi) is 10.2. The predicted molar refractivity (Wildman–Crippen MR) is 216 cm³/mol. The molecule has 14 heteroatoms. The van der Waals surface area contributed by atoms with Crippen molar-refractivity contribution < 1.29 is 27.9 Å². The molecule has 5 aromatic rings. The number of amides is 3. The highest BCUT2D eigenvalue weighted by atomic mass is 32.2. The van der Waals surface area contributed by atoms with E-state index in [9.17, 15) is 38.4 Å². The Balaban J connectivity index is 1.28. The summed E-state index contributed by atoms with van der Waals surface area (Å²) in [5, 5.41) is 39.7. The quantitative estimate of drug-likeness (QED) is 0.117. The van der Waals surface area contributed by atoms with Gasteiger partial charge in [0.2, 0.25) is 15.9 Å². The van der Waals surface area contributed by atoms with Crippen LogP contribution in [0.2, 0.25) is 0 Å². The van der Waals surface area contributed by atoms with Crippen LogP contribution < -0.4 is 25.2 Å². The monoisotopic (exact) mass is 775 g/mol. The third-order valence-electron chi connectivity index (χ3n) is 9.67. The van der Waals surface area contributed by atoms with Crippen molar-refractivity contribution in [1.82, 2.24) is 0 Å². The number of imide groups is 1. The van der Waals surface area contributed by atoms with Gasteiger partial charge in [0.1, 0.15) is 23.2 Å². The number of hydrogen-bond donors (Lipinski definition) is 3. The summed E-state index contributed by atoms with van der Waals surface area (Å²) >= 11 is 0. The lowest BCUT2D eigenvalue weighted by molar-refractivity contribution is -0.122. The molecule has 0 saturated heterocycles. The van der Waals surface area contributed by atoms with Crippen molar-refractivity contribution in [3.05, 3.63) is 149 Å². The second kappa shape index (κ2) is 15.3. The number of hydrogen-bond acceptors (Lipinski definition) is 10. The summed E-state index contributed by atoms with van der Waals surface area (Å²) in [5.41, 5.74) is 2.88. The van der Waals surface area contributed by atoms with E-state index in [1.807, 2.05) is 65.4 Å². The summed E-state index contributed by atoms with van der Waals surface area (Å²) < 4.78 is 23.3. The number of phenolic OH excluding ortho intramolecular Hbond substituents is 1. The van der Waals surface area contributed by atoms with E-state index < -0.39 is 21.8 Å². The highest BCUT2D eigenvalue weighted by molar-refractivity contribution is 7.89. The lowest BCUT2D eigenvalue weighted by Gasteiger charge is -2.29. The molecule has 0 radical (unpaired) electrons. The molecule has 0 aromatic heterocycles. The fourth-order valence-electron chi connectivity index (χ4n) is 6.96. The van der Waals surface area contributed by atoms with Crippen LogP contribution >= 0.6 is 0 Å². The van der Waals surface area contributed by atoms with Crippen LogP contribution in [0.15, 0.2) is 143 Å². The number of rotatable bonds is 9. The number of nitrogens with one attached hydrogen (secondary N) is 1. The number of carbonyl (C=O) groups excluding carboxylic acids is 3. The van der Waals surface area contributed by atoms with Gasteiger partial charge in [-0.25, -0.2) is 18.5 Å². The van der Waals surface area contributed by atoms with Gasteiger partial charge in [0.25, 0.3) is 11.8 Å². The molecule has 3 amide bonds. The topological polar surface area (TPSA) is 201 Å². The van der Waals surface area contributed by atoms with Gasteiger partial charge < -0.3 is 20.2 Å². The number of allylic oxidation sites excluding steroid dienone is 2. The molecule has 282 valence electrons. The van der Waals surface area contributed by atoms with Gasteiger partial charge in [-0.3, -0.25) is 14.4 Å². The van der Waals surface area contributed by atoms with Crippen LogP contribution in [0.4, 0.5) is 22.7 Å². The van der Waals surface area contributed by atoms with Crippen molar-refractivity contribution in [3.8, 4) is 17.9 Å². The van der Waals surface area contributed by atoms with Gasteiger partial charge in [-0.2, -0.15) is 10.5 Å². The van der Waals surface area contributed by atoms with Crippen LogP contribution in [-0.2, 0) is 24.4 Å². The third kappa shape index (κ3) is 7.34. The van der Waals surface area contributed by atoms with Crippen LogP contribution in [0.3, 0.4) is 0 Å². The summed E-state index contributed by atoms with van der Waals surface area (Å²) in [6.07, 6.45) is 3.81. The van der Waals surface area contributed by atoms with Crippen molar-refractivity contribution in [2.45, 2.75) is 17.7 Å². The molecule has 0 bridgehead atoms. The summed E-state index contributed by atoms with van der Waals surface area (Å²) in [7, 11) is -1.99. The number of sulfonamides is 1. The first-order chi connectivity index (χ1) is 27.4. The molecular weight excluding hydrogens is 743 g/mol. The predicted octanol–water partition coefficient (Wildman–Crippen LogP) is 6.06. The SMILES string of the molecule is CN1/C(=C\C=C2/C(=O)N(c3ccc(C#N)cc3)C(=O)C(C#N)=C2c2ccc(O)cc2)N(CCCC(=O)Nc2ccc(S(N)(=O)=O)cc2)c2ccc3ccccc3c21. The number of aromatic hydroxyl groups is 1. The van der Waals surface area contributed by atoms with E-state index in [-0.39, 0.29) is 45.4 Å². The minimum absolute atomic E-state index is 0.0377. The van der Waals surface area contributed by atoms with Crippen LogP contribution in [0, 0.1) is 22.7 Å². The highest BCUT2D eigenvalue weighted by Gasteiger charge is 2.39.